The Morgan fingerprint density at radius 2 is 1.65 bits per heavy atom. The van der Waals surface area contributed by atoms with E-state index in [4.69, 9.17) is 0 Å². The van der Waals surface area contributed by atoms with E-state index < -0.39 is 16.1 Å². The van der Waals surface area contributed by atoms with Gasteiger partial charge in [0.05, 0.1) is 9.77 Å². The summed E-state index contributed by atoms with van der Waals surface area (Å²) in [7, 11) is -3.64. The number of aryl methyl sites for hydroxylation is 2. The van der Waals surface area contributed by atoms with Crippen LogP contribution in [0.5, 0.6) is 0 Å². The maximum atomic E-state index is 13.5. The summed E-state index contributed by atoms with van der Waals surface area (Å²) < 4.78 is 28.4. The van der Waals surface area contributed by atoms with Crippen LogP contribution in [-0.2, 0) is 19.6 Å². The van der Waals surface area contributed by atoms with Crippen molar-refractivity contribution in [3.63, 3.8) is 0 Å². The van der Waals surface area contributed by atoms with Crippen LogP contribution in [0.4, 0.5) is 0 Å². The predicted molar refractivity (Wildman–Crippen MR) is 121 cm³/mol. The molecule has 0 saturated carbocycles. The molecule has 0 spiro atoms. The van der Waals surface area contributed by atoms with E-state index >= 15 is 0 Å². The van der Waals surface area contributed by atoms with Crippen molar-refractivity contribution in [2.75, 3.05) is 31.9 Å². The fourth-order valence-electron chi connectivity index (χ4n) is 5.06. The molecular formula is C22H31N3O4S2. The third kappa shape index (κ3) is 3.58. The predicted octanol–water partition coefficient (Wildman–Crippen LogP) is 2.21. The topological polar surface area (TPSA) is 78.0 Å². The molecule has 0 unspecified atom stereocenters. The molecular weight excluding hydrogens is 434 g/mol. The van der Waals surface area contributed by atoms with Gasteiger partial charge in [0, 0.05) is 38.4 Å². The Morgan fingerprint density at radius 3 is 2.23 bits per heavy atom. The number of hydrogen-bond donors (Lipinski definition) is 0. The summed E-state index contributed by atoms with van der Waals surface area (Å²) in [5.41, 5.74) is 3.51. The average Bonchev–Trinajstić information content (AvgIpc) is 3.22. The quantitative estimate of drug-likeness (QED) is 0.684. The first-order valence-corrected chi connectivity index (χ1v) is 13.2. The van der Waals surface area contributed by atoms with Gasteiger partial charge < -0.3 is 9.80 Å². The average molecular weight is 466 g/mol. The molecule has 4 rings (SSSR count). The van der Waals surface area contributed by atoms with Crippen molar-refractivity contribution in [2.24, 2.45) is 0 Å². The van der Waals surface area contributed by atoms with Gasteiger partial charge in [-0.05, 0) is 63.3 Å². The molecule has 0 radical (unpaired) electrons. The van der Waals surface area contributed by atoms with Crippen LogP contribution in [0.25, 0.3) is 0 Å². The van der Waals surface area contributed by atoms with E-state index in [2.05, 4.69) is 0 Å². The number of amides is 2. The highest BCUT2D eigenvalue weighted by molar-refractivity contribution is 8.01. The first-order valence-electron chi connectivity index (χ1n) is 10.8. The van der Waals surface area contributed by atoms with Gasteiger partial charge in [0.25, 0.3) is 0 Å². The first kappa shape index (κ1) is 22.6. The van der Waals surface area contributed by atoms with Crippen molar-refractivity contribution in [3.8, 4) is 0 Å². The highest BCUT2D eigenvalue weighted by Gasteiger charge is 2.53. The number of carbonyl (C=O) groups is 2. The molecule has 0 N–H and O–H groups in total. The maximum absolute atomic E-state index is 13.5. The van der Waals surface area contributed by atoms with E-state index in [-0.39, 0.29) is 29.8 Å². The Balaban J connectivity index is 1.49. The molecule has 3 heterocycles. The Bertz CT molecular complexity index is 1020. The van der Waals surface area contributed by atoms with Gasteiger partial charge in [-0.25, -0.2) is 8.42 Å². The molecule has 3 aliphatic heterocycles. The fourth-order valence-corrected chi connectivity index (χ4v) is 8.48. The molecule has 9 heteroatoms. The van der Waals surface area contributed by atoms with E-state index in [1.54, 1.807) is 21.6 Å². The van der Waals surface area contributed by atoms with Gasteiger partial charge in [0.2, 0.25) is 21.8 Å². The molecule has 1 aromatic carbocycles. The van der Waals surface area contributed by atoms with E-state index in [1.165, 1.54) is 4.31 Å². The van der Waals surface area contributed by atoms with Crippen molar-refractivity contribution < 1.29 is 18.0 Å². The summed E-state index contributed by atoms with van der Waals surface area (Å²) in [4.78, 5) is 29.2. The molecule has 0 bridgehead atoms. The zero-order valence-electron chi connectivity index (χ0n) is 18.9. The van der Waals surface area contributed by atoms with Crippen molar-refractivity contribution >= 4 is 33.6 Å². The molecule has 2 atom stereocenters. The number of benzene rings is 1. The fraction of sp³-hybridized carbons (Fsp3) is 0.636. The van der Waals surface area contributed by atoms with Crippen molar-refractivity contribution in [2.45, 2.75) is 63.3 Å². The van der Waals surface area contributed by atoms with Crippen molar-refractivity contribution in [1.29, 1.82) is 0 Å². The summed E-state index contributed by atoms with van der Waals surface area (Å²) >= 11 is 1.68. The van der Waals surface area contributed by atoms with Crippen molar-refractivity contribution in [1.82, 2.24) is 14.1 Å². The summed E-state index contributed by atoms with van der Waals surface area (Å²) in [6.45, 7) is 10.9. The van der Waals surface area contributed by atoms with E-state index in [0.717, 1.165) is 28.7 Å². The highest BCUT2D eigenvalue weighted by Crippen LogP contribution is 2.47. The van der Waals surface area contributed by atoms with Crippen LogP contribution >= 0.6 is 11.8 Å². The standard InChI is InChI=1S/C22H31N3O4S2/c1-14-12-15(2)17(4)20(16(14)3)31(28,29)24-10-8-23(9-11-24)21(27)18-13-30-22(5)7-6-19(26)25(18)22/h12,18H,6-11,13H2,1-5H3/t18-,22+/m1/s1. The van der Waals surface area contributed by atoms with Crippen LogP contribution in [0, 0.1) is 27.7 Å². The first-order chi connectivity index (χ1) is 14.5. The minimum absolute atomic E-state index is 0.0489. The Hall–Kier alpha value is -1.58. The smallest absolute Gasteiger partial charge is 0.246 e. The van der Waals surface area contributed by atoms with E-state index in [0.29, 0.717) is 30.2 Å². The number of sulfonamides is 1. The largest absolute Gasteiger partial charge is 0.338 e. The molecule has 0 aliphatic carbocycles. The summed E-state index contributed by atoms with van der Waals surface area (Å²) in [5, 5.41) is 0. The Labute approximate surface area is 189 Å². The van der Waals surface area contributed by atoms with Crippen LogP contribution in [0.15, 0.2) is 11.0 Å². The van der Waals surface area contributed by atoms with Crippen LogP contribution in [0.2, 0.25) is 0 Å². The minimum atomic E-state index is -3.64. The molecule has 0 aromatic heterocycles. The van der Waals surface area contributed by atoms with Gasteiger partial charge in [0.15, 0.2) is 0 Å². The van der Waals surface area contributed by atoms with Crippen LogP contribution in [-0.4, -0.2) is 77.2 Å². The van der Waals surface area contributed by atoms with Crippen LogP contribution in [0.1, 0.15) is 42.0 Å². The second-order valence-corrected chi connectivity index (χ2v) is 12.5. The van der Waals surface area contributed by atoms with Gasteiger partial charge in [-0.3, -0.25) is 9.59 Å². The lowest BCUT2D eigenvalue weighted by Crippen LogP contribution is -2.56. The number of nitrogens with zero attached hydrogens (tertiary/aromatic N) is 3. The molecule has 7 nitrogen and oxygen atoms in total. The second kappa shape index (κ2) is 7.78. The summed E-state index contributed by atoms with van der Waals surface area (Å²) in [5.74, 6) is 0.607. The van der Waals surface area contributed by atoms with Gasteiger partial charge in [-0.1, -0.05) is 6.07 Å². The van der Waals surface area contributed by atoms with Gasteiger partial charge in [-0.15, -0.1) is 11.8 Å². The highest BCUT2D eigenvalue weighted by atomic mass is 32.2. The number of piperazine rings is 1. The molecule has 2 amide bonds. The third-order valence-corrected chi connectivity index (χ3v) is 10.9. The molecule has 3 aliphatic rings. The van der Waals surface area contributed by atoms with Crippen LogP contribution in [0.3, 0.4) is 0 Å². The van der Waals surface area contributed by atoms with Crippen LogP contribution < -0.4 is 0 Å². The molecule has 170 valence electrons. The lowest BCUT2D eigenvalue weighted by Gasteiger charge is -2.38. The number of thioether (sulfide) groups is 1. The zero-order valence-corrected chi connectivity index (χ0v) is 20.5. The van der Waals surface area contributed by atoms with E-state index in [1.807, 2.05) is 40.7 Å². The Kier molecular flexibility index (Phi) is 5.67. The lowest BCUT2D eigenvalue weighted by atomic mass is 10.0. The van der Waals surface area contributed by atoms with E-state index in [9.17, 15) is 18.0 Å². The monoisotopic (exact) mass is 465 g/mol. The molecule has 31 heavy (non-hydrogen) atoms. The second-order valence-electron chi connectivity index (χ2n) is 9.08. The zero-order chi connectivity index (χ0) is 22.7. The lowest BCUT2D eigenvalue weighted by molar-refractivity contribution is -0.144. The molecule has 3 saturated heterocycles. The summed E-state index contributed by atoms with van der Waals surface area (Å²) in [6, 6.07) is 1.59. The molecule has 1 aromatic rings. The number of rotatable bonds is 3. The number of fused-ring (bicyclic) bond motifs is 1. The van der Waals surface area contributed by atoms with Crippen molar-refractivity contribution in [3.05, 3.63) is 28.3 Å². The van der Waals surface area contributed by atoms with Gasteiger partial charge in [-0.2, -0.15) is 4.31 Å². The number of carbonyl (C=O) groups excluding carboxylic acids is 2. The Morgan fingerprint density at radius 1 is 1.06 bits per heavy atom. The molecule has 3 fully saturated rings. The normalized spacial score (nSPS) is 27.1. The summed E-state index contributed by atoms with van der Waals surface area (Å²) in [6.07, 6.45) is 1.27. The SMILES string of the molecule is Cc1cc(C)c(C)c(S(=O)(=O)N2CCN(C(=O)[C@H]3CS[C@@]4(C)CCC(=O)N34)CC2)c1C. The maximum Gasteiger partial charge on any atom is 0.246 e. The minimum Gasteiger partial charge on any atom is -0.338 e. The third-order valence-electron chi connectivity index (χ3n) is 7.18. The van der Waals surface area contributed by atoms with Gasteiger partial charge in [0.1, 0.15) is 6.04 Å². The number of hydrogen-bond acceptors (Lipinski definition) is 5. The van der Waals surface area contributed by atoms with Gasteiger partial charge >= 0.3 is 0 Å².